The summed E-state index contributed by atoms with van der Waals surface area (Å²) in [4.78, 5) is 52.2. The summed E-state index contributed by atoms with van der Waals surface area (Å²) in [6.45, 7) is 0.107. The number of carbonyl (C=O) groups excluding carboxylic acids is 4. The number of para-hydroxylation sites is 2. The highest BCUT2D eigenvalue weighted by atomic mass is 35.5. The lowest BCUT2D eigenvalue weighted by Crippen LogP contribution is -2.37. The number of carbonyl (C=O) groups is 4. The maximum absolute atomic E-state index is 12.6. The number of hydrogen-bond acceptors (Lipinski definition) is 4. The van der Waals surface area contributed by atoms with E-state index in [0.717, 1.165) is 11.3 Å². The third-order valence-electron chi connectivity index (χ3n) is 4.86. The molecule has 0 aliphatic carbocycles. The van der Waals surface area contributed by atoms with Gasteiger partial charge in [-0.2, -0.15) is 0 Å². The van der Waals surface area contributed by atoms with Gasteiger partial charge in [-0.15, -0.1) is 0 Å². The van der Waals surface area contributed by atoms with Gasteiger partial charge in [-0.3, -0.25) is 24.1 Å². The van der Waals surface area contributed by atoms with Crippen LogP contribution in [0.5, 0.6) is 0 Å². The SMILES string of the molecule is O=C(CN1C(=O)c2cc(Cl)c(Cl)cc2C1=O)Nc1ccccc1N1CCCC1=O. The van der Waals surface area contributed by atoms with Crippen LogP contribution in [0, 0.1) is 0 Å². The summed E-state index contributed by atoms with van der Waals surface area (Å²) in [6.07, 6.45) is 1.21. The van der Waals surface area contributed by atoms with E-state index in [1.54, 1.807) is 29.2 Å². The van der Waals surface area contributed by atoms with Crippen LogP contribution in [0.15, 0.2) is 36.4 Å². The summed E-state index contributed by atoms with van der Waals surface area (Å²) in [7, 11) is 0. The van der Waals surface area contributed by atoms with Gasteiger partial charge in [0.15, 0.2) is 0 Å². The van der Waals surface area contributed by atoms with Crippen LogP contribution in [0.1, 0.15) is 33.6 Å². The van der Waals surface area contributed by atoms with Gasteiger partial charge >= 0.3 is 0 Å². The van der Waals surface area contributed by atoms with Gasteiger partial charge in [0.05, 0.1) is 32.5 Å². The highest BCUT2D eigenvalue weighted by Gasteiger charge is 2.37. The molecule has 29 heavy (non-hydrogen) atoms. The molecule has 0 atom stereocenters. The molecule has 0 spiro atoms. The minimum atomic E-state index is -0.610. The Labute approximate surface area is 176 Å². The number of hydrogen-bond donors (Lipinski definition) is 1. The molecule has 2 aromatic carbocycles. The number of benzene rings is 2. The number of halogens is 2. The topological polar surface area (TPSA) is 86.8 Å². The van der Waals surface area contributed by atoms with Crippen LogP contribution in [-0.2, 0) is 9.59 Å². The Bertz CT molecular complexity index is 1030. The molecule has 1 N–H and O–H groups in total. The number of amides is 4. The normalized spacial score (nSPS) is 15.9. The summed E-state index contributed by atoms with van der Waals surface area (Å²) in [5.74, 6) is -1.79. The quantitative estimate of drug-likeness (QED) is 0.751. The van der Waals surface area contributed by atoms with E-state index in [1.807, 2.05) is 0 Å². The van der Waals surface area contributed by atoms with Gasteiger partial charge < -0.3 is 10.2 Å². The van der Waals surface area contributed by atoms with Crippen LogP contribution in [-0.4, -0.2) is 41.6 Å². The van der Waals surface area contributed by atoms with E-state index in [4.69, 9.17) is 23.2 Å². The van der Waals surface area contributed by atoms with E-state index >= 15 is 0 Å². The lowest BCUT2D eigenvalue weighted by atomic mass is 10.1. The fourth-order valence-corrected chi connectivity index (χ4v) is 3.81. The van der Waals surface area contributed by atoms with Crippen molar-refractivity contribution in [2.75, 3.05) is 23.3 Å². The maximum atomic E-state index is 12.6. The molecule has 7 nitrogen and oxygen atoms in total. The number of anilines is 2. The molecule has 1 saturated heterocycles. The minimum absolute atomic E-state index is 0.0131. The molecule has 2 aromatic rings. The van der Waals surface area contributed by atoms with E-state index in [1.165, 1.54) is 12.1 Å². The van der Waals surface area contributed by atoms with Crippen molar-refractivity contribution in [1.82, 2.24) is 4.90 Å². The highest BCUT2D eigenvalue weighted by Crippen LogP contribution is 2.32. The van der Waals surface area contributed by atoms with Crippen LogP contribution in [0.2, 0.25) is 10.0 Å². The van der Waals surface area contributed by atoms with Gasteiger partial charge in [0, 0.05) is 13.0 Å². The third-order valence-corrected chi connectivity index (χ3v) is 5.58. The van der Waals surface area contributed by atoms with Gasteiger partial charge in [0.2, 0.25) is 11.8 Å². The third kappa shape index (κ3) is 3.47. The van der Waals surface area contributed by atoms with E-state index in [0.29, 0.717) is 24.3 Å². The Kier molecular flexibility index (Phi) is 5.02. The van der Waals surface area contributed by atoms with E-state index in [2.05, 4.69) is 5.32 Å². The Morgan fingerprint density at radius 1 is 1.00 bits per heavy atom. The Morgan fingerprint density at radius 2 is 1.62 bits per heavy atom. The largest absolute Gasteiger partial charge is 0.323 e. The molecule has 0 bridgehead atoms. The minimum Gasteiger partial charge on any atom is -0.323 e. The zero-order valence-corrected chi connectivity index (χ0v) is 16.6. The first-order valence-corrected chi connectivity index (χ1v) is 9.67. The van der Waals surface area contributed by atoms with Crippen molar-refractivity contribution in [2.45, 2.75) is 12.8 Å². The lowest BCUT2D eigenvalue weighted by Gasteiger charge is -2.20. The molecule has 4 amide bonds. The molecule has 2 aliphatic heterocycles. The maximum Gasteiger partial charge on any atom is 0.262 e. The van der Waals surface area contributed by atoms with Crippen LogP contribution in [0.3, 0.4) is 0 Å². The molecule has 2 aliphatic rings. The zero-order valence-electron chi connectivity index (χ0n) is 15.1. The van der Waals surface area contributed by atoms with Crippen LogP contribution >= 0.6 is 23.2 Å². The molecule has 9 heteroatoms. The summed E-state index contributed by atoms with van der Waals surface area (Å²) in [6, 6.07) is 9.56. The zero-order chi connectivity index (χ0) is 20.7. The number of nitrogens with zero attached hydrogens (tertiary/aromatic N) is 2. The van der Waals surface area contributed by atoms with E-state index < -0.39 is 24.3 Å². The standard InChI is InChI=1S/C20H15Cl2N3O4/c21-13-8-11-12(9-14(13)22)20(29)25(19(11)28)10-17(26)23-15-4-1-2-5-16(15)24-7-3-6-18(24)27/h1-2,4-5,8-9H,3,6-7,10H2,(H,23,26). The van der Waals surface area contributed by atoms with Gasteiger partial charge in [-0.25, -0.2) is 0 Å². The molecule has 4 rings (SSSR count). The van der Waals surface area contributed by atoms with Gasteiger partial charge in [0.25, 0.3) is 11.8 Å². The molecule has 0 aromatic heterocycles. The van der Waals surface area contributed by atoms with Crippen molar-refractivity contribution >= 4 is 58.2 Å². The smallest absolute Gasteiger partial charge is 0.262 e. The van der Waals surface area contributed by atoms with Crippen molar-refractivity contribution in [3.8, 4) is 0 Å². The Hall–Kier alpha value is -2.90. The molecule has 1 fully saturated rings. The van der Waals surface area contributed by atoms with E-state index in [9.17, 15) is 19.2 Å². The van der Waals surface area contributed by atoms with E-state index in [-0.39, 0.29) is 27.1 Å². The molecule has 2 heterocycles. The fourth-order valence-electron chi connectivity index (χ4n) is 3.48. The predicted molar refractivity (Wildman–Crippen MR) is 108 cm³/mol. The van der Waals surface area contributed by atoms with Crippen molar-refractivity contribution < 1.29 is 19.2 Å². The Morgan fingerprint density at radius 3 is 2.21 bits per heavy atom. The highest BCUT2D eigenvalue weighted by molar-refractivity contribution is 6.43. The van der Waals surface area contributed by atoms with Gasteiger partial charge in [0.1, 0.15) is 6.54 Å². The average molecular weight is 432 g/mol. The average Bonchev–Trinajstić information content (AvgIpc) is 3.20. The molecule has 0 unspecified atom stereocenters. The Balaban J connectivity index is 1.52. The monoisotopic (exact) mass is 431 g/mol. The van der Waals surface area contributed by atoms with Crippen molar-refractivity contribution in [3.05, 3.63) is 57.6 Å². The number of rotatable bonds is 4. The predicted octanol–water partition coefficient (Wildman–Crippen LogP) is 3.35. The van der Waals surface area contributed by atoms with Crippen molar-refractivity contribution in [3.63, 3.8) is 0 Å². The molecule has 0 saturated carbocycles. The second kappa shape index (κ2) is 7.50. The summed E-state index contributed by atoms with van der Waals surface area (Å²) in [5, 5.41) is 3.00. The van der Waals surface area contributed by atoms with Gasteiger partial charge in [-0.05, 0) is 30.7 Å². The van der Waals surface area contributed by atoms with Crippen LogP contribution < -0.4 is 10.2 Å². The summed E-state index contributed by atoms with van der Waals surface area (Å²) >= 11 is 11.9. The number of imide groups is 1. The van der Waals surface area contributed by atoms with Crippen LogP contribution in [0.4, 0.5) is 11.4 Å². The first-order valence-electron chi connectivity index (χ1n) is 8.91. The van der Waals surface area contributed by atoms with Gasteiger partial charge in [-0.1, -0.05) is 35.3 Å². The van der Waals surface area contributed by atoms with Crippen molar-refractivity contribution in [1.29, 1.82) is 0 Å². The number of fused-ring (bicyclic) bond motifs is 1. The molecule has 148 valence electrons. The first-order chi connectivity index (χ1) is 13.9. The second-order valence-electron chi connectivity index (χ2n) is 6.72. The molecular formula is C20H15Cl2N3O4. The van der Waals surface area contributed by atoms with Crippen molar-refractivity contribution in [2.24, 2.45) is 0 Å². The lowest BCUT2D eigenvalue weighted by molar-refractivity contribution is -0.117. The van der Waals surface area contributed by atoms with Crippen LogP contribution in [0.25, 0.3) is 0 Å². The number of nitrogens with one attached hydrogen (secondary N) is 1. The first kappa shape index (κ1) is 19.4. The molecular weight excluding hydrogens is 417 g/mol. The molecule has 0 radical (unpaired) electrons. The summed E-state index contributed by atoms with van der Waals surface area (Å²) < 4.78 is 0. The second-order valence-corrected chi connectivity index (χ2v) is 7.54. The summed E-state index contributed by atoms with van der Waals surface area (Å²) in [5.41, 5.74) is 1.25. The fraction of sp³-hybridized carbons (Fsp3) is 0.200.